The summed E-state index contributed by atoms with van der Waals surface area (Å²) in [6.07, 6.45) is 1.85. The van der Waals surface area contributed by atoms with Crippen LogP contribution in [0.4, 0.5) is 5.13 Å². The van der Waals surface area contributed by atoms with E-state index < -0.39 is 0 Å². The number of amides is 1. The highest BCUT2D eigenvalue weighted by molar-refractivity contribution is 7.15. The topological polar surface area (TPSA) is 80.9 Å². The van der Waals surface area contributed by atoms with Crippen LogP contribution in [0.15, 0.2) is 34.7 Å². The van der Waals surface area contributed by atoms with Crippen LogP contribution in [-0.2, 0) is 6.42 Å². The van der Waals surface area contributed by atoms with Gasteiger partial charge in [-0.25, -0.2) is 4.98 Å². The summed E-state index contributed by atoms with van der Waals surface area (Å²) < 4.78 is 5.60. The monoisotopic (exact) mass is 328 g/mol. The molecule has 1 N–H and O–H groups in total. The summed E-state index contributed by atoms with van der Waals surface area (Å²) in [4.78, 5) is 16.6. The van der Waals surface area contributed by atoms with Gasteiger partial charge >= 0.3 is 0 Å². The van der Waals surface area contributed by atoms with Crippen LogP contribution >= 0.6 is 11.3 Å². The Morgan fingerprint density at radius 2 is 2.04 bits per heavy atom. The molecule has 6 nitrogen and oxygen atoms in total. The van der Waals surface area contributed by atoms with Gasteiger partial charge < -0.3 is 4.42 Å². The third-order valence-corrected chi connectivity index (χ3v) is 4.08. The molecule has 1 aromatic carbocycles. The first-order valence-electron chi connectivity index (χ1n) is 7.34. The fourth-order valence-corrected chi connectivity index (χ4v) is 2.92. The van der Waals surface area contributed by atoms with Gasteiger partial charge in [-0.05, 0) is 25.5 Å². The largest absolute Gasteiger partial charge is 0.441 e. The number of rotatable bonds is 5. The minimum Gasteiger partial charge on any atom is -0.441 e. The molecule has 0 atom stereocenters. The Balaban J connectivity index is 1.78. The van der Waals surface area contributed by atoms with Crippen molar-refractivity contribution in [2.75, 3.05) is 5.32 Å². The van der Waals surface area contributed by atoms with Crippen molar-refractivity contribution in [2.24, 2.45) is 0 Å². The van der Waals surface area contributed by atoms with Crippen LogP contribution in [0.25, 0.3) is 11.5 Å². The molecule has 118 valence electrons. The number of oxazole rings is 1. The molecule has 0 aliphatic carbocycles. The van der Waals surface area contributed by atoms with E-state index in [0.29, 0.717) is 16.8 Å². The maximum Gasteiger partial charge on any atom is 0.279 e. The van der Waals surface area contributed by atoms with Gasteiger partial charge in [0, 0.05) is 12.0 Å². The van der Waals surface area contributed by atoms with Crippen molar-refractivity contribution in [1.82, 2.24) is 15.2 Å². The molecule has 0 aliphatic rings. The van der Waals surface area contributed by atoms with Gasteiger partial charge in [0.05, 0.1) is 0 Å². The molecular formula is C16H16N4O2S. The van der Waals surface area contributed by atoms with Crippen molar-refractivity contribution in [2.45, 2.75) is 26.7 Å². The second kappa shape index (κ2) is 6.70. The zero-order chi connectivity index (χ0) is 16.2. The molecule has 0 saturated heterocycles. The lowest BCUT2D eigenvalue weighted by Crippen LogP contribution is -2.13. The molecule has 0 bridgehead atoms. The predicted molar refractivity (Wildman–Crippen MR) is 88.5 cm³/mol. The number of aromatic nitrogens is 3. The average molecular weight is 328 g/mol. The molecule has 0 fully saturated rings. The van der Waals surface area contributed by atoms with E-state index >= 15 is 0 Å². The lowest BCUT2D eigenvalue weighted by Gasteiger charge is -1.97. The smallest absolute Gasteiger partial charge is 0.279 e. The fourth-order valence-electron chi connectivity index (χ4n) is 2.09. The van der Waals surface area contributed by atoms with Gasteiger partial charge in [0.1, 0.15) is 10.8 Å². The zero-order valence-corrected chi connectivity index (χ0v) is 13.7. The summed E-state index contributed by atoms with van der Waals surface area (Å²) in [7, 11) is 0. The van der Waals surface area contributed by atoms with E-state index in [0.717, 1.165) is 23.4 Å². The average Bonchev–Trinajstić information content (AvgIpc) is 3.15. The number of hydrogen-bond donors (Lipinski definition) is 1. The number of aryl methyl sites for hydroxylation is 2. The van der Waals surface area contributed by atoms with Crippen molar-refractivity contribution in [3.63, 3.8) is 0 Å². The zero-order valence-electron chi connectivity index (χ0n) is 12.9. The summed E-state index contributed by atoms with van der Waals surface area (Å²) in [5.41, 5.74) is 1.09. The Bertz CT molecular complexity index is 811. The van der Waals surface area contributed by atoms with Gasteiger partial charge in [-0.3, -0.25) is 10.1 Å². The quantitative estimate of drug-likeness (QED) is 0.772. The molecule has 23 heavy (non-hydrogen) atoms. The molecule has 7 heteroatoms. The van der Waals surface area contributed by atoms with Crippen molar-refractivity contribution in [3.05, 3.63) is 46.8 Å². The van der Waals surface area contributed by atoms with Crippen molar-refractivity contribution in [1.29, 1.82) is 0 Å². The van der Waals surface area contributed by atoms with E-state index in [1.165, 1.54) is 11.3 Å². The molecule has 0 unspecified atom stereocenters. The van der Waals surface area contributed by atoms with E-state index in [4.69, 9.17) is 4.42 Å². The first-order valence-corrected chi connectivity index (χ1v) is 8.15. The summed E-state index contributed by atoms with van der Waals surface area (Å²) in [5.74, 6) is 0.560. The maximum absolute atomic E-state index is 12.4. The summed E-state index contributed by atoms with van der Waals surface area (Å²) in [5, 5.41) is 12.1. The number of anilines is 1. The van der Waals surface area contributed by atoms with Gasteiger partial charge in [-0.15, -0.1) is 10.2 Å². The molecule has 1 amide bonds. The number of benzene rings is 1. The van der Waals surface area contributed by atoms with Crippen molar-refractivity contribution >= 4 is 22.4 Å². The molecular weight excluding hydrogens is 312 g/mol. The maximum atomic E-state index is 12.4. The first kappa shape index (κ1) is 15.4. The molecule has 3 rings (SSSR count). The van der Waals surface area contributed by atoms with Crippen molar-refractivity contribution < 1.29 is 9.21 Å². The standard InChI is InChI=1S/C16H16N4O2S/c1-3-7-12-19-20-16(23-12)18-14(21)13-10(2)22-15(17-13)11-8-5-4-6-9-11/h4-6,8-9H,3,7H2,1-2H3,(H,18,20,21). The number of carbonyl (C=O) groups excluding carboxylic acids is 1. The molecule has 2 aromatic heterocycles. The molecule has 3 aromatic rings. The van der Waals surface area contributed by atoms with Gasteiger partial charge in [-0.2, -0.15) is 0 Å². The Kier molecular flexibility index (Phi) is 4.47. The normalized spacial score (nSPS) is 10.7. The van der Waals surface area contributed by atoms with Gasteiger partial charge in [0.15, 0.2) is 5.69 Å². The second-order valence-corrected chi connectivity index (χ2v) is 6.06. The third kappa shape index (κ3) is 3.45. The van der Waals surface area contributed by atoms with Gasteiger partial charge in [0.2, 0.25) is 11.0 Å². The number of carbonyl (C=O) groups is 1. The SMILES string of the molecule is CCCc1nnc(NC(=O)c2nc(-c3ccccc3)oc2C)s1. The molecule has 0 spiro atoms. The molecule has 2 heterocycles. The summed E-state index contributed by atoms with van der Waals surface area (Å²) in [6, 6.07) is 9.47. The summed E-state index contributed by atoms with van der Waals surface area (Å²) in [6.45, 7) is 3.79. The highest BCUT2D eigenvalue weighted by atomic mass is 32.1. The molecule has 0 aliphatic heterocycles. The van der Waals surface area contributed by atoms with Crippen LogP contribution in [0.1, 0.15) is 34.6 Å². The van der Waals surface area contributed by atoms with Crippen LogP contribution in [0.2, 0.25) is 0 Å². The van der Waals surface area contributed by atoms with E-state index in [2.05, 4.69) is 27.4 Å². The Morgan fingerprint density at radius 1 is 1.26 bits per heavy atom. The van der Waals surface area contributed by atoms with E-state index in [1.54, 1.807) is 6.92 Å². The second-order valence-electron chi connectivity index (χ2n) is 4.99. The lowest BCUT2D eigenvalue weighted by molar-refractivity contribution is 0.102. The predicted octanol–water partition coefficient (Wildman–Crippen LogP) is 3.71. The van der Waals surface area contributed by atoms with Crippen molar-refractivity contribution in [3.8, 4) is 11.5 Å². The minimum atomic E-state index is -0.340. The van der Waals surface area contributed by atoms with E-state index in [1.807, 2.05) is 30.3 Å². The number of hydrogen-bond acceptors (Lipinski definition) is 6. The lowest BCUT2D eigenvalue weighted by atomic mass is 10.2. The Morgan fingerprint density at radius 3 is 2.78 bits per heavy atom. The van der Waals surface area contributed by atoms with Crippen LogP contribution in [0, 0.1) is 6.92 Å². The highest BCUT2D eigenvalue weighted by Crippen LogP contribution is 2.23. The molecule has 0 radical (unpaired) electrons. The first-order chi connectivity index (χ1) is 11.2. The van der Waals surface area contributed by atoms with Crippen LogP contribution < -0.4 is 5.32 Å². The number of nitrogens with one attached hydrogen (secondary N) is 1. The minimum absolute atomic E-state index is 0.260. The molecule has 0 saturated carbocycles. The van der Waals surface area contributed by atoms with Gasteiger partial charge in [-0.1, -0.05) is 36.5 Å². The van der Waals surface area contributed by atoms with Crippen LogP contribution in [0.5, 0.6) is 0 Å². The van der Waals surface area contributed by atoms with Crippen LogP contribution in [0.3, 0.4) is 0 Å². The number of nitrogens with zero attached hydrogens (tertiary/aromatic N) is 3. The Labute approximate surface area is 137 Å². The highest BCUT2D eigenvalue weighted by Gasteiger charge is 2.19. The van der Waals surface area contributed by atoms with E-state index in [9.17, 15) is 4.79 Å². The van der Waals surface area contributed by atoms with Gasteiger partial charge in [0.25, 0.3) is 5.91 Å². The summed E-state index contributed by atoms with van der Waals surface area (Å²) >= 11 is 1.38. The van der Waals surface area contributed by atoms with E-state index in [-0.39, 0.29) is 11.6 Å². The van der Waals surface area contributed by atoms with Crippen LogP contribution in [-0.4, -0.2) is 21.1 Å². The Hall–Kier alpha value is -2.54. The third-order valence-electron chi connectivity index (χ3n) is 3.18. The fraction of sp³-hybridized carbons (Fsp3) is 0.250.